The second kappa shape index (κ2) is 5.97. The molecular formula is C17H16FN3O. The Balaban J connectivity index is 1.88. The van der Waals surface area contributed by atoms with E-state index in [0.29, 0.717) is 18.8 Å². The fraction of sp³-hybridized carbons (Fsp3) is 0.176. The van der Waals surface area contributed by atoms with E-state index in [1.54, 1.807) is 11.0 Å². The van der Waals surface area contributed by atoms with Crippen LogP contribution in [-0.2, 0) is 6.54 Å². The van der Waals surface area contributed by atoms with Gasteiger partial charge in [0.15, 0.2) is 5.69 Å². The Morgan fingerprint density at radius 1 is 1.23 bits per heavy atom. The molecule has 1 amide bonds. The highest BCUT2D eigenvalue weighted by Crippen LogP contribution is 2.18. The lowest BCUT2D eigenvalue weighted by atomic mass is 10.1. The van der Waals surface area contributed by atoms with Gasteiger partial charge in [0.25, 0.3) is 5.91 Å². The summed E-state index contributed by atoms with van der Waals surface area (Å²) in [6, 6.07) is 13.8. The van der Waals surface area contributed by atoms with Gasteiger partial charge in [0, 0.05) is 18.5 Å². The molecule has 22 heavy (non-hydrogen) atoms. The van der Waals surface area contributed by atoms with E-state index in [1.807, 2.05) is 37.3 Å². The number of fused-ring (bicyclic) bond motifs is 1. The first-order chi connectivity index (χ1) is 10.7. The van der Waals surface area contributed by atoms with Crippen LogP contribution in [0.1, 0.15) is 23.0 Å². The van der Waals surface area contributed by atoms with Crippen LogP contribution in [0.3, 0.4) is 0 Å². The highest BCUT2D eigenvalue weighted by molar-refractivity contribution is 6.04. The molecule has 2 aromatic carbocycles. The Bertz CT molecular complexity index is 812. The van der Waals surface area contributed by atoms with Crippen molar-refractivity contribution in [2.75, 3.05) is 6.54 Å². The van der Waals surface area contributed by atoms with Gasteiger partial charge in [-0.1, -0.05) is 30.3 Å². The molecule has 3 aromatic rings. The van der Waals surface area contributed by atoms with Crippen LogP contribution in [0.25, 0.3) is 10.9 Å². The van der Waals surface area contributed by atoms with Crippen molar-refractivity contribution in [1.82, 2.24) is 15.1 Å². The molecule has 0 aliphatic carbocycles. The fourth-order valence-corrected chi connectivity index (χ4v) is 2.46. The van der Waals surface area contributed by atoms with Crippen molar-refractivity contribution < 1.29 is 9.18 Å². The van der Waals surface area contributed by atoms with E-state index < -0.39 is 0 Å². The van der Waals surface area contributed by atoms with Crippen molar-refractivity contribution >= 4 is 16.8 Å². The number of hydrogen-bond acceptors (Lipinski definition) is 2. The number of carbonyl (C=O) groups is 1. The highest BCUT2D eigenvalue weighted by atomic mass is 19.1. The normalized spacial score (nSPS) is 10.8. The fourth-order valence-electron chi connectivity index (χ4n) is 2.46. The zero-order chi connectivity index (χ0) is 15.5. The lowest BCUT2D eigenvalue weighted by Crippen LogP contribution is -2.30. The number of halogens is 1. The van der Waals surface area contributed by atoms with Crippen LogP contribution < -0.4 is 0 Å². The average molecular weight is 297 g/mol. The van der Waals surface area contributed by atoms with Gasteiger partial charge in [0.05, 0.1) is 5.52 Å². The molecule has 5 heteroatoms. The maximum Gasteiger partial charge on any atom is 0.275 e. The molecular weight excluding hydrogens is 281 g/mol. The van der Waals surface area contributed by atoms with Gasteiger partial charge in [-0.05, 0) is 30.7 Å². The molecule has 0 unspecified atom stereocenters. The van der Waals surface area contributed by atoms with E-state index in [0.717, 1.165) is 16.5 Å². The number of aromatic nitrogens is 2. The van der Waals surface area contributed by atoms with E-state index in [-0.39, 0.29) is 11.7 Å². The third-order valence-electron chi connectivity index (χ3n) is 3.60. The van der Waals surface area contributed by atoms with Crippen LogP contribution in [0.2, 0.25) is 0 Å². The van der Waals surface area contributed by atoms with Gasteiger partial charge < -0.3 is 4.90 Å². The number of benzene rings is 2. The first-order valence-electron chi connectivity index (χ1n) is 7.16. The maximum atomic E-state index is 13.3. The summed E-state index contributed by atoms with van der Waals surface area (Å²) in [5.41, 5.74) is 1.98. The van der Waals surface area contributed by atoms with Crippen LogP contribution in [0, 0.1) is 5.82 Å². The zero-order valence-corrected chi connectivity index (χ0v) is 12.2. The number of rotatable bonds is 4. The summed E-state index contributed by atoms with van der Waals surface area (Å²) >= 11 is 0. The van der Waals surface area contributed by atoms with Crippen molar-refractivity contribution in [3.8, 4) is 0 Å². The minimum Gasteiger partial charge on any atom is -0.333 e. The molecule has 0 fully saturated rings. The van der Waals surface area contributed by atoms with Gasteiger partial charge >= 0.3 is 0 Å². The van der Waals surface area contributed by atoms with Crippen molar-refractivity contribution in [2.24, 2.45) is 0 Å². The zero-order valence-electron chi connectivity index (χ0n) is 12.2. The summed E-state index contributed by atoms with van der Waals surface area (Å²) < 4.78 is 13.3. The summed E-state index contributed by atoms with van der Waals surface area (Å²) in [7, 11) is 0. The molecule has 0 saturated heterocycles. The SMILES string of the molecule is CCN(Cc1cccc(F)c1)C(=O)c1n[nH]c2ccccc12. The van der Waals surface area contributed by atoms with Crippen molar-refractivity contribution in [3.63, 3.8) is 0 Å². The number of hydrogen-bond donors (Lipinski definition) is 1. The number of nitrogens with zero attached hydrogens (tertiary/aromatic N) is 2. The summed E-state index contributed by atoms with van der Waals surface area (Å²) in [5.74, 6) is -0.463. The molecule has 112 valence electrons. The molecule has 0 spiro atoms. The van der Waals surface area contributed by atoms with E-state index in [4.69, 9.17) is 0 Å². The lowest BCUT2D eigenvalue weighted by Gasteiger charge is -2.20. The lowest BCUT2D eigenvalue weighted by molar-refractivity contribution is 0.0748. The van der Waals surface area contributed by atoms with Crippen molar-refractivity contribution in [1.29, 1.82) is 0 Å². The average Bonchev–Trinajstić information content (AvgIpc) is 2.96. The third-order valence-corrected chi connectivity index (χ3v) is 3.60. The monoisotopic (exact) mass is 297 g/mol. The molecule has 1 N–H and O–H groups in total. The molecule has 1 aromatic heterocycles. The molecule has 0 aliphatic rings. The summed E-state index contributed by atoms with van der Waals surface area (Å²) in [6.07, 6.45) is 0. The van der Waals surface area contributed by atoms with Gasteiger partial charge in [-0.25, -0.2) is 4.39 Å². The number of amides is 1. The quantitative estimate of drug-likeness (QED) is 0.802. The van der Waals surface area contributed by atoms with Gasteiger partial charge in [-0.15, -0.1) is 0 Å². The third kappa shape index (κ3) is 2.70. The first-order valence-corrected chi connectivity index (χ1v) is 7.16. The van der Waals surface area contributed by atoms with E-state index in [1.165, 1.54) is 12.1 Å². The number of nitrogens with one attached hydrogen (secondary N) is 1. The van der Waals surface area contributed by atoms with Crippen LogP contribution in [0.4, 0.5) is 4.39 Å². The highest BCUT2D eigenvalue weighted by Gasteiger charge is 2.20. The van der Waals surface area contributed by atoms with Crippen LogP contribution >= 0.6 is 0 Å². The Morgan fingerprint density at radius 2 is 2.05 bits per heavy atom. The van der Waals surface area contributed by atoms with Gasteiger partial charge in [0.1, 0.15) is 5.82 Å². The number of carbonyl (C=O) groups excluding carboxylic acids is 1. The van der Waals surface area contributed by atoms with E-state index in [9.17, 15) is 9.18 Å². The largest absolute Gasteiger partial charge is 0.333 e. The van der Waals surface area contributed by atoms with Gasteiger partial charge in [0.2, 0.25) is 0 Å². The Morgan fingerprint density at radius 3 is 2.82 bits per heavy atom. The minimum atomic E-state index is -0.300. The topological polar surface area (TPSA) is 49.0 Å². The van der Waals surface area contributed by atoms with Crippen molar-refractivity contribution in [2.45, 2.75) is 13.5 Å². The number of para-hydroxylation sites is 1. The van der Waals surface area contributed by atoms with E-state index >= 15 is 0 Å². The van der Waals surface area contributed by atoms with Crippen LogP contribution in [0.15, 0.2) is 48.5 Å². The second-order valence-electron chi connectivity index (χ2n) is 5.07. The van der Waals surface area contributed by atoms with Crippen LogP contribution in [0.5, 0.6) is 0 Å². The van der Waals surface area contributed by atoms with E-state index in [2.05, 4.69) is 10.2 Å². The number of H-pyrrole nitrogens is 1. The molecule has 0 bridgehead atoms. The molecule has 0 atom stereocenters. The Hall–Kier alpha value is -2.69. The maximum absolute atomic E-state index is 13.3. The smallest absolute Gasteiger partial charge is 0.275 e. The first kappa shape index (κ1) is 14.3. The minimum absolute atomic E-state index is 0.163. The standard InChI is InChI=1S/C17H16FN3O/c1-2-21(11-12-6-5-7-13(18)10-12)17(22)16-14-8-3-4-9-15(14)19-20-16/h3-10H,2,11H2,1H3,(H,19,20). The Kier molecular flexibility index (Phi) is 3.87. The van der Waals surface area contributed by atoms with Gasteiger partial charge in [-0.2, -0.15) is 5.10 Å². The summed E-state index contributed by atoms with van der Waals surface area (Å²) in [6.45, 7) is 2.77. The molecule has 3 rings (SSSR count). The second-order valence-corrected chi connectivity index (χ2v) is 5.07. The van der Waals surface area contributed by atoms with Crippen LogP contribution in [-0.4, -0.2) is 27.5 Å². The predicted octanol–water partition coefficient (Wildman–Crippen LogP) is 3.36. The summed E-state index contributed by atoms with van der Waals surface area (Å²) in [4.78, 5) is 14.3. The molecule has 1 heterocycles. The molecule has 0 radical (unpaired) electrons. The predicted molar refractivity (Wildman–Crippen MR) is 82.9 cm³/mol. The summed E-state index contributed by atoms with van der Waals surface area (Å²) in [5, 5.41) is 7.79. The van der Waals surface area contributed by atoms with Gasteiger partial charge in [-0.3, -0.25) is 9.89 Å². The molecule has 0 saturated carbocycles. The molecule has 0 aliphatic heterocycles. The number of aromatic amines is 1. The van der Waals surface area contributed by atoms with Crippen molar-refractivity contribution in [3.05, 3.63) is 65.6 Å². The Labute approximate surface area is 127 Å². The molecule has 4 nitrogen and oxygen atoms in total.